The minimum Gasteiger partial charge on any atom is -0.486 e. The van der Waals surface area contributed by atoms with Gasteiger partial charge in [0.25, 0.3) is 0 Å². The van der Waals surface area contributed by atoms with E-state index in [4.69, 9.17) is 9.47 Å². The number of aromatic nitrogens is 3. The van der Waals surface area contributed by atoms with Gasteiger partial charge in [0.15, 0.2) is 11.5 Å². The molecule has 0 unspecified atom stereocenters. The minimum absolute atomic E-state index is 0.0136. The largest absolute Gasteiger partial charge is 0.486 e. The van der Waals surface area contributed by atoms with Crippen molar-refractivity contribution in [3.05, 3.63) is 29.6 Å². The predicted octanol–water partition coefficient (Wildman–Crippen LogP) is 1.90. The second kappa shape index (κ2) is 7.35. The predicted molar refractivity (Wildman–Crippen MR) is 93.2 cm³/mol. The average Bonchev–Trinajstić information content (AvgIpc) is 3.38. The lowest BCUT2D eigenvalue weighted by molar-refractivity contribution is -0.118. The first-order chi connectivity index (χ1) is 12.3. The number of nitrogens with one attached hydrogen (secondary N) is 2. The highest BCUT2D eigenvalue weighted by atomic mass is 32.2. The number of carbonyl (C=O) groups excluding carboxylic acids is 1. The quantitative estimate of drug-likeness (QED) is 0.733. The number of nitrogens with zero attached hydrogens (tertiary/aromatic N) is 2. The number of benzene rings is 1. The Kier molecular flexibility index (Phi) is 4.78. The van der Waals surface area contributed by atoms with Crippen molar-refractivity contribution >= 4 is 17.7 Å². The second-order valence-corrected chi connectivity index (χ2v) is 7.09. The maximum atomic E-state index is 11.9. The summed E-state index contributed by atoms with van der Waals surface area (Å²) in [4.78, 5) is 16.4. The number of ether oxygens (including phenoxy) is 2. The number of thioether (sulfide) groups is 1. The summed E-state index contributed by atoms with van der Waals surface area (Å²) in [7, 11) is 0. The van der Waals surface area contributed by atoms with Crippen molar-refractivity contribution in [2.75, 3.05) is 25.5 Å². The van der Waals surface area contributed by atoms with E-state index in [1.807, 2.05) is 18.2 Å². The summed E-state index contributed by atoms with van der Waals surface area (Å²) in [6.45, 7) is 1.75. The van der Waals surface area contributed by atoms with Crippen molar-refractivity contribution in [3.63, 3.8) is 0 Å². The van der Waals surface area contributed by atoms with E-state index in [0.29, 0.717) is 36.6 Å². The van der Waals surface area contributed by atoms with Crippen LogP contribution < -0.4 is 14.8 Å². The van der Waals surface area contributed by atoms with Crippen LogP contribution in [0.2, 0.25) is 0 Å². The van der Waals surface area contributed by atoms with Crippen molar-refractivity contribution in [2.45, 2.75) is 30.3 Å². The summed E-state index contributed by atoms with van der Waals surface area (Å²) in [5.41, 5.74) is 1.11. The normalized spacial score (nSPS) is 15.8. The van der Waals surface area contributed by atoms with E-state index in [1.165, 1.54) is 24.6 Å². The lowest BCUT2D eigenvalue weighted by atomic mass is 10.1. The molecule has 25 heavy (non-hydrogen) atoms. The lowest BCUT2D eigenvalue weighted by Gasteiger charge is -2.18. The highest BCUT2D eigenvalue weighted by Gasteiger charge is 2.27. The number of aromatic amines is 1. The third-order valence-electron chi connectivity index (χ3n) is 4.12. The number of hydrogen-bond acceptors (Lipinski definition) is 6. The molecule has 1 aromatic heterocycles. The van der Waals surface area contributed by atoms with Crippen molar-refractivity contribution in [3.8, 4) is 11.5 Å². The second-order valence-electron chi connectivity index (χ2n) is 6.14. The first-order valence-electron chi connectivity index (χ1n) is 8.48. The Morgan fingerprint density at radius 3 is 2.96 bits per heavy atom. The Balaban J connectivity index is 1.19. The molecule has 8 heteroatoms. The number of carbonyl (C=O) groups is 1. The summed E-state index contributed by atoms with van der Waals surface area (Å²) in [5, 5.41) is 10.7. The van der Waals surface area contributed by atoms with Crippen LogP contribution in [0.4, 0.5) is 0 Å². The van der Waals surface area contributed by atoms with E-state index in [-0.39, 0.29) is 5.91 Å². The van der Waals surface area contributed by atoms with Crippen LogP contribution in [-0.4, -0.2) is 46.6 Å². The Labute approximate surface area is 149 Å². The van der Waals surface area contributed by atoms with Gasteiger partial charge in [0, 0.05) is 12.5 Å². The molecule has 1 aromatic carbocycles. The molecule has 0 bridgehead atoms. The van der Waals surface area contributed by atoms with E-state index >= 15 is 0 Å². The lowest BCUT2D eigenvalue weighted by Crippen LogP contribution is -2.27. The highest BCUT2D eigenvalue weighted by molar-refractivity contribution is 7.99. The van der Waals surface area contributed by atoms with E-state index in [1.54, 1.807) is 0 Å². The smallest absolute Gasteiger partial charge is 0.230 e. The number of H-pyrrole nitrogens is 1. The molecule has 2 heterocycles. The Bertz CT molecular complexity index is 760. The standard InChI is InChI=1S/C17H20N4O3S/c22-15(10-25-17-19-16(20-21-17)12-2-3-12)18-6-5-11-1-4-13-14(9-11)24-8-7-23-13/h1,4,9,12H,2-3,5-8,10H2,(H,18,22)(H,19,20,21). The van der Waals surface area contributed by atoms with Gasteiger partial charge in [-0.25, -0.2) is 4.98 Å². The summed E-state index contributed by atoms with van der Waals surface area (Å²) in [6, 6.07) is 5.89. The molecular formula is C17H20N4O3S. The molecule has 2 aromatic rings. The van der Waals surface area contributed by atoms with Gasteiger partial charge in [0.1, 0.15) is 19.0 Å². The number of hydrogen-bond donors (Lipinski definition) is 2. The van der Waals surface area contributed by atoms with Crippen molar-refractivity contribution in [2.24, 2.45) is 0 Å². The van der Waals surface area contributed by atoms with Crippen molar-refractivity contribution in [1.29, 1.82) is 0 Å². The fraction of sp³-hybridized carbons (Fsp3) is 0.471. The summed E-state index contributed by atoms with van der Waals surface area (Å²) < 4.78 is 11.1. The Morgan fingerprint density at radius 1 is 1.28 bits per heavy atom. The molecule has 0 saturated heterocycles. The molecule has 2 aliphatic rings. The number of rotatable bonds is 7. The van der Waals surface area contributed by atoms with Crippen LogP contribution in [0.1, 0.15) is 30.1 Å². The van der Waals surface area contributed by atoms with Crippen LogP contribution in [0.5, 0.6) is 11.5 Å². The van der Waals surface area contributed by atoms with E-state index in [9.17, 15) is 4.79 Å². The van der Waals surface area contributed by atoms with Crippen LogP contribution in [-0.2, 0) is 11.2 Å². The third-order valence-corrected chi connectivity index (χ3v) is 4.97. The van der Waals surface area contributed by atoms with Gasteiger partial charge in [-0.2, -0.15) is 0 Å². The van der Waals surface area contributed by atoms with Crippen molar-refractivity contribution < 1.29 is 14.3 Å². The molecule has 4 rings (SSSR count). The molecule has 1 fully saturated rings. The van der Waals surface area contributed by atoms with Gasteiger partial charge in [0.05, 0.1) is 5.75 Å². The molecule has 2 N–H and O–H groups in total. The van der Waals surface area contributed by atoms with Crippen LogP contribution in [0.25, 0.3) is 0 Å². The molecule has 1 amide bonds. The monoisotopic (exact) mass is 360 g/mol. The van der Waals surface area contributed by atoms with Gasteiger partial charge in [-0.15, -0.1) is 5.10 Å². The Morgan fingerprint density at radius 2 is 2.12 bits per heavy atom. The topological polar surface area (TPSA) is 89.1 Å². The van der Waals surface area contributed by atoms with Gasteiger partial charge in [-0.3, -0.25) is 9.89 Å². The van der Waals surface area contributed by atoms with Gasteiger partial charge >= 0.3 is 0 Å². The Hall–Kier alpha value is -2.22. The van der Waals surface area contributed by atoms with Crippen LogP contribution >= 0.6 is 11.8 Å². The molecule has 1 aliphatic heterocycles. The molecule has 1 saturated carbocycles. The van der Waals surface area contributed by atoms with Crippen LogP contribution in [0.15, 0.2) is 23.4 Å². The number of fused-ring (bicyclic) bond motifs is 1. The van der Waals surface area contributed by atoms with E-state index in [0.717, 1.165) is 29.3 Å². The SMILES string of the molecule is O=C(CSc1n[nH]c(C2CC2)n1)NCCc1ccc2c(c1)OCCO2. The fourth-order valence-corrected chi connectivity index (χ4v) is 3.27. The maximum Gasteiger partial charge on any atom is 0.230 e. The first kappa shape index (κ1) is 16.3. The molecule has 132 valence electrons. The molecule has 7 nitrogen and oxygen atoms in total. The molecule has 0 spiro atoms. The maximum absolute atomic E-state index is 11.9. The molecule has 1 aliphatic carbocycles. The first-order valence-corrected chi connectivity index (χ1v) is 9.47. The average molecular weight is 360 g/mol. The summed E-state index contributed by atoms with van der Waals surface area (Å²) in [5.74, 6) is 3.36. The highest BCUT2D eigenvalue weighted by Crippen LogP contribution is 2.38. The molecular weight excluding hydrogens is 340 g/mol. The van der Waals surface area contributed by atoms with Crippen LogP contribution in [0, 0.1) is 0 Å². The van der Waals surface area contributed by atoms with Crippen LogP contribution in [0.3, 0.4) is 0 Å². The third kappa shape index (κ3) is 4.25. The summed E-state index contributed by atoms with van der Waals surface area (Å²) in [6.07, 6.45) is 3.11. The number of amides is 1. The zero-order chi connectivity index (χ0) is 17.1. The summed E-state index contributed by atoms with van der Waals surface area (Å²) >= 11 is 1.36. The molecule has 0 atom stereocenters. The van der Waals surface area contributed by atoms with Gasteiger partial charge in [0.2, 0.25) is 11.1 Å². The van der Waals surface area contributed by atoms with Gasteiger partial charge < -0.3 is 14.8 Å². The zero-order valence-electron chi connectivity index (χ0n) is 13.8. The van der Waals surface area contributed by atoms with Gasteiger partial charge in [-0.1, -0.05) is 17.8 Å². The van der Waals surface area contributed by atoms with Gasteiger partial charge in [-0.05, 0) is 37.0 Å². The zero-order valence-corrected chi connectivity index (χ0v) is 14.6. The fourth-order valence-electron chi connectivity index (χ4n) is 2.63. The van der Waals surface area contributed by atoms with E-state index in [2.05, 4.69) is 20.5 Å². The van der Waals surface area contributed by atoms with Crippen molar-refractivity contribution in [1.82, 2.24) is 20.5 Å². The minimum atomic E-state index is -0.0136. The van der Waals surface area contributed by atoms with E-state index < -0.39 is 0 Å². The molecule has 0 radical (unpaired) electrons.